The lowest BCUT2D eigenvalue weighted by Crippen LogP contribution is -2.22. The molecule has 1 unspecified atom stereocenters. The Morgan fingerprint density at radius 1 is 1.15 bits per heavy atom. The Balaban J connectivity index is 2.38. The molecule has 1 N–H and O–H groups in total. The fourth-order valence-corrected chi connectivity index (χ4v) is 2.26. The van der Waals surface area contributed by atoms with Crippen LogP contribution in [0.5, 0.6) is 5.75 Å². The van der Waals surface area contributed by atoms with E-state index in [0.717, 1.165) is 29.4 Å². The van der Waals surface area contributed by atoms with Crippen molar-refractivity contribution >= 4 is 0 Å². The third kappa shape index (κ3) is 3.42. The van der Waals surface area contributed by atoms with Crippen LogP contribution >= 0.6 is 0 Å². The third-order valence-corrected chi connectivity index (χ3v) is 3.05. The van der Waals surface area contributed by atoms with Gasteiger partial charge in [-0.3, -0.25) is 0 Å². The summed E-state index contributed by atoms with van der Waals surface area (Å²) in [6.07, 6.45) is 0.150. The van der Waals surface area contributed by atoms with Gasteiger partial charge in [-0.05, 0) is 45.5 Å². The Morgan fingerprint density at radius 3 is 2.50 bits per heavy atom. The molecule has 2 rings (SSSR count). The predicted molar refractivity (Wildman–Crippen MR) is 81.2 cm³/mol. The van der Waals surface area contributed by atoms with Gasteiger partial charge < -0.3 is 14.5 Å². The van der Waals surface area contributed by atoms with Crippen molar-refractivity contribution in [3.63, 3.8) is 0 Å². The zero-order valence-electron chi connectivity index (χ0n) is 12.6. The predicted octanol–water partition coefficient (Wildman–Crippen LogP) is 4.07. The van der Waals surface area contributed by atoms with Crippen LogP contribution in [-0.4, -0.2) is 12.6 Å². The minimum atomic E-state index is 0.0173. The number of ether oxygens (including phenoxy) is 1. The fourth-order valence-electron chi connectivity index (χ4n) is 2.26. The summed E-state index contributed by atoms with van der Waals surface area (Å²) in [5.41, 5.74) is 1.11. The maximum Gasteiger partial charge on any atom is 0.125 e. The smallest absolute Gasteiger partial charge is 0.125 e. The average molecular weight is 273 g/mol. The van der Waals surface area contributed by atoms with E-state index in [1.165, 1.54) is 0 Å². The number of para-hydroxylation sites is 1. The van der Waals surface area contributed by atoms with Crippen molar-refractivity contribution in [2.75, 3.05) is 6.54 Å². The molecule has 1 aromatic carbocycles. The molecular formula is C17H23NO2. The number of aryl methyl sites for hydroxylation is 1. The zero-order chi connectivity index (χ0) is 14.5. The molecule has 1 heterocycles. The molecule has 0 saturated carbocycles. The first kappa shape index (κ1) is 14.7. The van der Waals surface area contributed by atoms with E-state index in [2.05, 4.69) is 18.3 Å². The summed E-state index contributed by atoms with van der Waals surface area (Å²) in [7, 11) is 0. The molecule has 1 atom stereocenters. The molecule has 0 bridgehead atoms. The molecule has 3 nitrogen and oxygen atoms in total. The summed E-state index contributed by atoms with van der Waals surface area (Å²) in [6.45, 7) is 8.99. The lowest BCUT2D eigenvalue weighted by molar-refractivity contribution is 0.237. The molecular weight excluding hydrogens is 250 g/mol. The Bertz CT molecular complexity index is 545. The second-order valence-corrected chi connectivity index (χ2v) is 5.14. The number of hydrogen-bond donors (Lipinski definition) is 1. The third-order valence-electron chi connectivity index (χ3n) is 3.05. The quantitative estimate of drug-likeness (QED) is 0.861. The molecule has 0 aliphatic rings. The van der Waals surface area contributed by atoms with Gasteiger partial charge in [-0.2, -0.15) is 0 Å². The Morgan fingerprint density at radius 2 is 1.90 bits per heavy atom. The number of hydrogen-bond acceptors (Lipinski definition) is 3. The van der Waals surface area contributed by atoms with Crippen molar-refractivity contribution in [2.45, 2.75) is 39.8 Å². The number of rotatable bonds is 6. The van der Waals surface area contributed by atoms with Crippen LogP contribution in [0.4, 0.5) is 0 Å². The number of benzene rings is 1. The highest BCUT2D eigenvalue weighted by Gasteiger charge is 2.20. The summed E-state index contributed by atoms with van der Waals surface area (Å²) in [5.74, 6) is 2.75. The van der Waals surface area contributed by atoms with Crippen molar-refractivity contribution < 1.29 is 9.15 Å². The molecule has 1 aromatic heterocycles. The second-order valence-electron chi connectivity index (χ2n) is 5.14. The lowest BCUT2D eigenvalue weighted by Gasteiger charge is -2.21. The Hall–Kier alpha value is -1.74. The van der Waals surface area contributed by atoms with Gasteiger partial charge in [0.25, 0.3) is 0 Å². The average Bonchev–Trinajstić information content (AvgIpc) is 2.83. The van der Waals surface area contributed by atoms with Gasteiger partial charge in [-0.25, -0.2) is 0 Å². The van der Waals surface area contributed by atoms with Gasteiger partial charge in [0.05, 0.1) is 12.1 Å². The molecule has 0 aliphatic heterocycles. The SMILES string of the molecule is CCNC(c1ccc(C)o1)c1ccccc1OC(C)C. The number of nitrogens with one attached hydrogen (secondary N) is 1. The highest BCUT2D eigenvalue weighted by Crippen LogP contribution is 2.31. The normalized spacial score (nSPS) is 12.7. The Kier molecular flexibility index (Phi) is 4.85. The van der Waals surface area contributed by atoms with Crippen LogP contribution in [-0.2, 0) is 0 Å². The van der Waals surface area contributed by atoms with Crippen molar-refractivity contribution in [3.05, 3.63) is 53.5 Å². The van der Waals surface area contributed by atoms with Crippen LogP contribution < -0.4 is 10.1 Å². The van der Waals surface area contributed by atoms with Crippen molar-refractivity contribution in [1.82, 2.24) is 5.32 Å². The van der Waals surface area contributed by atoms with E-state index in [-0.39, 0.29) is 12.1 Å². The molecule has 0 fully saturated rings. The van der Waals surface area contributed by atoms with Gasteiger partial charge in [0.15, 0.2) is 0 Å². The van der Waals surface area contributed by atoms with Crippen molar-refractivity contribution in [2.24, 2.45) is 0 Å². The fraction of sp³-hybridized carbons (Fsp3) is 0.412. The van der Waals surface area contributed by atoms with Gasteiger partial charge in [-0.1, -0.05) is 25.1 Å². The monoisotopic (exact) mass is 273 g/mol. The molecule has 0 amide bonds. The molecule has 108 valence electrons. The summed E-state index contributed by atoms with van der Waals surface area (Å²) >= 11 is 0. The van der Waals surface area contributed by atoms with Crippen molar-refractivity contribution in [3.8, 4) is 5.75 Å². The molecule has 3 heteroatoms. The first-order chi connectivity index (χ1) is 9.61. The number of furan rings is 1. The lowest BCUT2D eigenvalue weighted by atomic mass is 10.0. The molecule has 0 aliphatic carbocycles. The standard InChI is InChI=1S/C17H23NO2/c1-5-18-17(16-11-10-13(4)20-16)14-8-6-7-9-15(14)19-12(2)3/h6-12,17-18H,5H2,1-4H3. The highest BCUT2D eigenvalue weighted by molar-refractivity contribution is 5.39. The first-order valence-electron chi connectivity index (χ1n) is 7.17. The van der Waals surface area contributed by atoms with E-state index in [4.69, 9.17) is 9.15 Å². The molecule has 20 heavy (non-hydrogen) atoms. The van der Waals surface area contributed by atoms with Crippen LogP contribution in [0, 0.1) is 6.92 Å². The van der Waals surface area contributed by atoms with Gasteiger partial charge in [0.2, 0.25) is 0 Å². The topological polar surface area (TPSA) is 34.4 Å². The van der Waals surface area contributed by atoms with Crippen LogP contribution in [0.1, 0.15) is 43.9 Å². The van der Waals surface area contributed by atoms with E-state index >= 15 is 0 Å². The minimum Gasteiger partial charge on any atom is -0.491 e. The van der Waals surface area contributed by atoms with Crippen molar-refractivity contribution in [1.29, 1.82) is 0 Å². The van der Waals surface area contributed by atoms with E-state index < -0.39 is 0 Å². The molecule has 2 aromatic rings. The summed E-state index contributed by atoms with van der Waals surface area (Å²) in [5, 5.41) is 3.47. The largest absolute Gasteiger partial charge is 0.491 e. The van der Waals surface area contributed by atoms with E-state index in [1.807, 2.05) is 51.1 Å². The van der Waals surface area contributed by atoms with Gasteiger partial charge in [0.1, 0.15) is 17.3 Å². The zero-order valence-corrected chi connectivity index (χ0v) is 12.6. The summed E-state index contributed by atoms with van der Waals surface area (Å²) in [4.78, 5) is 0. The molecule has 0 radical (unpaired) electrons. The maximum atomic E-state index is 5.92. The first-order valence-corrected chi connectivity index (χ1v) is 7.17. The van der Waals surface area contributed by atoms with Gasteiger partial charge >= 0.3 is 0 Å². The van der Waals surface area contributed by atoms with E-state index in [1.54, 1.807) is 0 Å². The maximum absolute atomic E-state index is 5.92. The Labute approximate surface area is 121 Å². The van der Waals surface area contributed by atoms with E-state index in [9.17, 15) is 0 Å². The van der Waals surface area contributed by atoms with Crippen LogP contribution in [0.3, 0.4) is 0 Å². The minimum absolute atomic E-state index is 0.0173. The van der Waals surface area contributed by atoms with Crippen LogP contribution in [0.2, 0.25) is 0 Å². The summed E-state index contributed by atoms with van der Waals surface area (Å²) < 4.78 is 11.7. The highest BCUT2D eigenvalue weighted by atomic mass is 16.5. The van der Waals surface area contributed by atoms with Gasteiger partial charge in [0, 0.05) is 5.56 Å². The molecule has 0 spiro atoms. The second kappa shape index (κ2) is 6.62. The van der Waals surface area contributed by atoms with Crippen LogP contribution in [0.25, 0.3) is 0 Å². The van der Waals surface area contributed by atoms with Crippen LogP contribution in [0.15, 0.2) is 40.8 Å². The molecule has 0 saturated heterocycles. The van der Waals surface area contributed by atoms with E-state index in [0.29, 0.717) is 0 Å². The van der Waals surface area contributed by atoms with Gasteiger partial charge in [-0.15, -0.1) is 0 Å². The summed E-state index contributed by atoms with van der Waals surface area (Å²) in [6, 6.07) is 12.2.